The maximum Gasteiger partial charge on any atom is 0.417 e. The number of aryl methyl sites for hydroxylation is 3. The largest absolute Gasteiger partial charge is 0.450 e. The van der Waals surface area contributed by atoms with Crippen molar-refractivity contribution < 1.29 is 22.7 Å². The molecule has 5 rings (SSSR count). The molecule has 0 aromatic carbocycles. The van der Waals surface area contributed by atoms with Gasteiger partial charge in [-0.2, -0.15) is 18.2 Å². The number of pyridine rings is 2. The molecule has 4 heterocycles. The van der Waals surface area contributed by atoms with Crippen LogP contribution in [0.2, 0.25) is 5.02 Å². The van der Waals surface area contributed by atoms with E-state index in [-0.39, 0.29) is 51.2 Å². The third-order valence-corrected chi connectivity index (χ3v) is 7.07. The zero-order valence-electron chi connectivity index (χ0n) is 22.8. The third-order valence-electron chi connectivity index (χ3n) is 6.70. The summed E-state index contributed by atoms with van der Waals surface area (Å²) in [6.45, 7) is 1.69. The summed E-state index contributed by atoms with van der Waals surface area (Å²) in [6, 6.07) is 0.706. The Labute approximate surface area is 241 Å². The smallest absolute Gasteiger partial charge is 0.417 e. The topological polar surface area (TPSA) is 146 Å². The van der Waals surface area contributed by atoms with Crippen LogP contribution < -0.4 is 26.2 Å². The van der Waals surface area contributed by atoms with Crippen molar-refractivity contribution in [2.24, 2.45) is 25.7 Å². The fraction of sp³-hybridized carbons (Fsp3) is 0.308. The molecular weight excluding hydrogens is 579 g/mol. The lowest BCUT2D eigenvalue weighted by Gasteiger charge is -2.18. The number of ether oxygens (including phenoxy) is 1. The number of anilines is 3. The average Bonchev–Trinajstić information content (AvgIpc) is 3.74. The Balaban J connectivity index is 1.44. The number of hydrogen-bond donors (Lipinski definition) is 2. The summed E-state index contributed by atoms with van der Waals surface area (Å²) in [4.78, 5) is 43.8. The van der Waals surface area contributed by atoms with E-state index in [9.17, 15) is 22.8 Å². The fourth-order valence-corrected chi connectivity index (χ4v) is 4.54. The van der Waals surface area contributed by atoms with Gasteiger partial charge in [-0.1, -0.05) is 11.6 Å². The first-order valence-electron chi connectivity index (χ1n) is 12.6. The molecule has 220 valence electrons. The Kier molecular flexibility index (Phi) is 7.30. The summed E-state index contributed by atoms with van der Waals surface area (Å²) >= 11 is 6.65. The molecule has 1 fully saturated rings. The molecule has 0 spiro atoms. The second-order valence-corrected chi connectivity index (χ2v) is 10.1. The minimum absolute atomic E-state index is 0.0160. The van der Waals surface area contributed by atoms with Gasteiger partial charge in [0.15, 0.2) is 23.0 Å². The molecule has 1 saturated carbocycles. The molecular formula is C26H25ClF3N9O3. The molecule has 4 aromatic heterocycles. The van der Waals surface area contributed by atoms with Crippen molar-refractivity contribution in [1.29, 1.82) is 0 Å². The Hall–Kier alpha value is -4.66. The van der Waals surface area contributed by atoms with Gasteiger partial charge in [0, 0.05) is 39.5 Å². The van der Waals surface area contributed by atoms with Crippen LogP contribution in [0.25, 0.3) is 16.9 Å². The van der Waals surface area contributed by atoms with Gasteiger partial charge < -0.3 is 24.9 Å². The lowest BCUT2D eigenvalue weighted by Crippen LogP contribution is -2.29. The second-order valence-electron chi connectivity index (χ2n) is 9.75. The van der Waals surface area contributed by atoms with Crippen LogP contribution in [-0.4, -0.2) is 42.0 Å². The van der Waals surface area contributed by atoms with Crippen LogP contribution in [0, 0.1) is 12.8 Å². The summed E-state index contributed by atoms with van der Waals surface area (Å²) in [5, 5.41) is 2.72. The predicted molar refractivity (Wildman–Crippen MR) is 149 cm³/mol. The van der Waals surface area contributed by atoms with Crippen LogP contribution in [0.3, 0.4) is 0 Å². The average molecular weight is 604 g/mol. The number of hydrogen-bond acceptors (Lipinski definition) is 9. The van der Waals surface area contributed by atoms with E-state index in [0.29, 0.717) is 29.5 Å². The van der Waals surface area contributed by atoms with Crippen molar-refractivity contribution in [2.75, 3.05) is 17.3 Å². The second kappa shape index (κ2) is 10.6. The first kappa shape index (κ1) is 28.9. The monoisotopic (exact) mass is 603 g/mol. The molecule has 0 atom stereocenters. The van der Waals surface area contributed by atoms with Gasteiger partial charge in [0.2, 0.25) is 11.9 Å². The van der Waals surface area contributed by atoms with E-state index in [1.54, 1.807) is 21.0 Å². The van der Waals surface area contributed by atoms with Crippen molar-refractivity contribution in [2.45, 2.75) is 25.9 Å². The molecule has 42 heavy (non-hydrogen) atoms. The highest BCUT2D eigenvalue weighted by molar-refractivity contribution is 6.36. The zero-order valence-corrected chi connectivity index (χ0v) is 23.6. The van der Waals surface area contributed by atoms with Crippen LogP contribution in [0.4, 0.5) is 30.6 Å². The summed E-state index contributed by atoms with van der Waals surface area (Å²) in [5.41, 5.74) is 4.97. The maximum atomic E-state index is 13.3. The number of carbonyl (C=O) groups is 1. The quantitative estimate of drug-likeness (QED) is 0.300. The summed E-state index contributed by atoms with van der Waals surface area (Å²) in [7, 11) is 4.40. The van der Waals surface area contributed by atoms with Gasteiger partial charge in [-0.05, 0) is 25.8 Å². The highest BCUT2D eigenvalue weighted by atomic mass is 35.5. The molecule has 4 aromatic rings. The van der Waals surface area contributed by atoms with Gasteiger partial charge >= 0.3 is 6.18 Å². The molecule has 12 nitrogen and oxygen atoms in total. The number of imidazole rings is 1. The molecule has 0 bridgehead atoms. The number of nitrogens with one attached hydrogen (secondary N) is 1. The van der Waals surface area contributed by atoms with Gasteiger partial charge in [-0.25, -0.2) is 15.0 Å². The van der Waals surface area contributed by atoms with E-state index >= 15 is 0 Å². The number of amides is 1. The number of aromatic nitrogens is 6. The Bertz CT molecular complexity index is 1810. The van der Waals surface area contributed by atoms with Gasteiger partial charge in [-0.15, -0.1) is 0 Å². The molecule has 0 saturated heterocycles. The van der Waals surface area contributed by atoms with E-state index in [4.69, 9.17) is 22.1 Å². The molecule has 0 radical (unpaired) electrons. The summed E-state index contributed by atoms with van der Waals surface area (Å²) < 4.78 is 48.2. The minimum Gasteiger partial charge on any atom is -0.450 e. The number of nitrogens with two attached hydrogens (primary N) is 1. The normalized spacial score (nSPS) is 13.9. The zero-order chi connectivity index (χ0) is 30.5. The molecule has 3 N–H and O–H groups in total. The maximum absolute atomic E-state index is 13.3. The number of rotatable bonds is 7. The Morgan fingerprint density at radius 3 is 2.57 bits per heavy atom. The van der Waals surface area contributed by atoms with Crippen molar-refractivity contribution in [3.8, 4) is 5.75 Å². The van der Waals surface area contributed by atoms with E-state index in [2.05, 4.69) is 25.3 Å². The van der Waals surface area contributed by atoms with Gasteiger partial charge in [0.05, 0.1) is 23.7 Å². The number of alkyl halides is 3. The SMILES string of the molecule is Cc1nc(N(C)C(=O)C2CC2)cnc1C(=CN)Oc1cnc2nc(Nc3cc(C(F)(F)F)cn(C)c3=O)n(C)c2c1Cl. The fourth-order valence-electron chi connectivity index (χ4n) is 4.24. The van der Waals surface area contributed by atoms with Crippen LogP contribution in [0.5, 0.6) is 5.75 Å². The van der Waals surface area contributed by atoms with E-state index in [0.717, 1.165) is 17.4 Å². The van der Waals surface area contributed by atoms with E-state index in [1.165, 1.54) is 35.1 Å². The van der Waals surface area contributed by atoms with Crippen molar-refractivity contribution >= 4 is 51.9 Å². The van der Waals surface area contributed by atoms with Crippen molar-refractivity contribution in [1.82, 2.24) is 29.1 Å². The molecule has 0 aliphatic heterocycles. The molecule has 16 heteroatoms. The minimum atomic E-state index is -4.66. The number of nitrogens with zero attached hydrogens (tertiary/aromatic N) is 7. The Morgan fingerprint density at radius 1 is 1.24 bits per heavy atom. The van der Waals surface area contributed by atoms with Gasteiger partial charge in [-0.3, -0.25) is 14.5 Å². The molecule has 1 amide bonds. The van der Waals surface area contributed by atoms with Crippen LogP contribution >= 0.6 is 11.6 Å². The standard InChI is InChI=1S/C26H25ClF3N9O3/c1-12-20(32-10-18(34-12)38(3)23(40)13-5-6-13)16(8-31)42-17-9-33-22-21(19(17)27)39(4)25(36-22)35-15-7-14(26(28,29)30)11-37(2)24(15)41/h7-11,13H,5-6,31H2,1-4H3,(H,33,35,36). The number of fused-ring (bicyclic) bond motifs is 1. The predicted octanol–water partition coefficient (Wildman–Crippen LogP) is 3.89. The van der Waals surface area contributed by atoms with Crippen molar-refractivity contribution in [3.05, 3.63) is 63.2 Å². The van der Waals surface area contributed by atoms with Gasteiger partial charge in [0.25, 0.3) is 5.56 Å². The van der Waals surface area contributed by atoms with Crippen LogP contribution in [0.15, 0.2) is 35.7 Å². The first-order chi connectivity index (χ1) is 19.8. The molecule has 1 aliphatic carbocycles. The Morgan fingerprint density at radius 2 is 1.95 bits per heavy atom. The summed E-state index contributed by atoms with van der Waals surface area (Å²) in [5.74, 6) is 0.588. The third kappa shape index (κ3) is 5.34. The number of halogens is 4. The van der Waals surface area contributed by atoms with Crippen LogP contribution in [0.1, 0.15) is 29.8 Å². The van der Waals surface area contributed by atoms with E-state index < -0.39 is 17.3 Å². The lowest BCUT2D eigenvalue weighted by molar-refractivity contribution is -0.138. The van der Waals surface area contributed by atoms with Crippen molar-refractivity contribution in [3.63, 3.8) is 0 Å². The molecule has 0 unspecified atom stereocenters. The van der Waals surface area contributed by atoms with Crippen LogP contribution in [-0.2, 0) is 25.1 Å². The first-order valence-corrected chi connectivity index (χ1v) is 12.9. The highest BCUT2D eigenvalue weighted by Crippen LogP contribution is 2.36. The van der Waals surface area contributed by atoms with E-state index in [1.807, 2.05) is 0 Å². The highest BCUT2D eigenvalue weighted by Gasteiger charge is 2.34. The summed E-state index contributed by atoms with van der Waals surface area (Å²) in [6.07, 6.45) is 1.68. The molecule has 1 aliphatic rings. The lowest BCUT2D eigenvalue weighted by atomic mass is 10.2. The van der Waals surface area contributed by atoms with Gasteiger partial charge in [0.1, 0.15) is 21.9 Å². The number of carbonyl (C=O) groups excluding carboxylic acids is 1.